The van der Waals surface area contributed by atoms with Gasteiger partial charge in [-0.3, -0.25) is 9.59 Å². The minimum atomic E-state index is -0.255. The summed E-state index contributed by atoms with van der Waals surface area (Å²) in [5.74, 6) is 1.25. The number of anilines is 2. The number of carbonyl (C=O) groups excluding carboxylic acids is 2. The largest absolute Gasteiger partial charge is 0.370 e. The number of nitrogens with two attached hydrogens (primary N) is 1. The Morgan fingerprint density at radius 1 is 1.33 bits per heavy atom. The van der Waals surface area contributed by atoms with Gasteiger partial charge in [0.25, 0.3) is 0 Å². The summed E-state index contributed by atoms with van der Waals surface area (Å²) in [7, 11) is 0. The number of nitrogens with one attached hydrogen (secondary N) is 2. The molecule has 0 aliphatic carbocycles. The van der Waals surface area contributed by atoms with Crippen LogP contribution in [0.15, 0.2) is 30.5 Å². The molecule has 0 bridgehead atoms. The van der Waals surface area contributed by atoms with Gasteiger partial charge in [-0.1, -0.05) is 31.0 Å². The molecule has 1 saturated heterocycles. The van der Waals surface area contributed by atoms with E-state index in [1.165, 1.54) is 13.1 Å². The highest BCUT2D eigenvalue weighted by Gasteiger charge is 2.27. The number of nitrogens with zero attached hydrogens (tertiary/aromatic N) is 3. The van der Waals surface area contributed by atoms with E-state index in [2.05, 4.69) is 22.5 Å². The number of hydrogen-bond acceptors (Lipinski definition) is 6. The molecule has 178 valence electrons. The summed E-state index contributed by atoms with van der Waals surface area (Å²) >= 11 is 6.42. The van der Waals surface area contributed by atoms with Gasteiger partial charge in [-0.05, 0) is 49.9 Å². The van der Waals surface area contributed by atoms with E-state index >= 15 is 0 Å². The number of hydrogen-bond donors (Lipinski definition) is 3. The predicted molar refractivity (Wildman–Crippen MR) is 132 cm³/mol. The van der Waals surface area contributed by atoms with E-state index in [4.69, 9.17) is 22.3 Å². The lowest BCUT2D eigenvalue weighted by molar-refractivity contribution is -0.132. The molecule has 1 aliphatic heterocycles. The Kier molecular flexibility index (Phi) is 9.03. The van der Waals surface area contributed by atoms with Gasteiger partial charge in [-0.25, -0.2) is 9.97 Å². The molecule has 1 aliphatic rings. The first-order valence-corrected chi connectivity index (χ1v) is 11.9. The zero-order valence-corrected chi connectivity index (χ0v) is 20.1. The molecule has 2 atom stereocenters. The van der Waals surface area contributed by atoms with Crippen LogP contribution in [0.25, 0.3) is 11.3 Å². The molecule has 3 rings (SSSR count). The molecule has 2 amide bonds. The summed E-state index contributed by atoms with van der Waals surface area (Å²) in [5.41, 5.74) is 7.07. The molecule has 2 aromatic rings. The maximum atomic E-state index is 12.8. The van der Waals surface area contributed by atoms with Gasteiger partial charge < -0.3 is 21.3 Å². The van der Waals surface area contributed by atoms with E-state index in [9.17, 15) is 9.59 Å². The monoisotopic (exact) mass is 472 g/mol. The Morgan fingerprint density at radius 2 is 2.15 bits per heavy atom. The fourth-order valence-electron chi connectivity index (χ4n) is 4.03. The molecule has 3 heterocycles. The third kappa shape index (κ3) is 6.88. The highest BCUT2D eigenvalue weighted by Crippen LogP contribution is 2.29. The van der Waals surface area contributed by atoms with Crippen molar-refractivity contribution in [1.29, 1.82) is 0 Å². The Bertz CT molecular complexity index is 970. The lowest BCUT2D eigenvalue weighted by Crippen LogP contribution is -2.42. The second kappa shape index (κ2) is 12.0. The first-order chi connectivity index (χ1) is 15.9. The van der Waals surface area contributed by atoms with Gasteiger partial charge in [0.1, 0.15) is 11.6 Å². The number of pyridine rings is 2. The minimum absolute atomic E-state index is 0.00717. The lowest BCUT2D eigenvalue weighted by atomic mass is 9.97. The van der Waals surface area contributed by atoms with Crippen molar-refractivity contribution >= 4 is 35.1 Å². The van der Waals surface area contributed by atoms with E-state index in [0.29, 0.717) is 47.7 Å². The highest BCUT2D eigenvalue weighted by atomic mass is 35.5. The van der Waals surface area contributed by atoms with Gasteiger partial charge in [-0.15, -0.1) is 0 Å². The third-order valence-electron chi connectivity index (χ3n) is 6.09. The van der Waals surface area contributed by atoms with Gasteiger partial charge in [0.15, 0.2) is 0 Å². The maximum absolute atomic E-state index is 12.8. The van der Waals surface area contributed by atoms with Crippen molar-refractivity contribution in [3.05, 3.63) is 35.5 Å². The first-order valence-electron chi connectivity index (χ1n) is 11.5. The van der Waals surface area contributed by atoms with Crippen molar-refractivity contribution in [1.82, 2.24) is 14.9 Å². The van der Waals surface area contributed by atoms with Crippen LogP contribution in [0.2, 0.25) is 5.02 Å². The molecule has 1 fully saturated rings. The van der Waals surface area contributed by atoms with Crippen LogP contribution in [0, 0.1) is 11.8 Å². The molecular weight excluding hydrogens is 440 g/mol. The summed E-state index contributed by atoms with van der Waals surface area (Å²) in [6.45, 7) is 6.29. The number of amides is 2. The normalized spacial score (nSPS) is 16.8. The fraction of sp³-hybridized carbons (Fsp3) is 0.500. The van der Waals surface area contributed by atoms with E-state index < -0.39 is 0 Å². The lowest BCUT2D eigenvalue weighted by Gasteiger charge is -2.31. The smallest absolute Gasteiger partial charge is 0.230 e. The average molecular weight is 473 g/mol. The van der Waals surface area contributed by atoms with Crippen LogP contribution in [0.4, 0.5) is 11.6 Å². The molecule has 0 radical (unpaired) electrons. The van der Waals surface area contributed by atoms with Crippen LogP contribution in [0.3, 0.4) is 0 Å². The van der Waals surface area contributed by atoms with E-state index in [0.717, 1.165) is 38.0 Å². The topological polar surface area (TPSA) is 113 Å². The molecule has 9 heteroatoms. The van der Waals surface area contributed by atoms with Crippen LogP contribution in [-0.2, 0) is 9.59 Å². The van der Waals surface area contributed by atoms with E-state index in [1.807, 2.05) is 18.2 Å². The molecule has 1 unspecified atom stereocenters. The Balaban J connectivity index is 1.71. The predicted octanol–water partition coefficient (Wildman–Crippen LogP) is 3.78. The number of piperidine rings is 1. The highest BCUT2D eigenvalue weighted by molar-refractivity contribution is 6.33. The number of aromatic nitrogens is 2. The third-order valence-corrected chi connectivity index (χ3v) is 6.39. The second-order valence-corrected chi connectivity index (χ2v) is 8.89. The number of likely N-dealkylation sites (tertiary alicyclic amines) is 1. The standard InChI is InChI=1S/C24H33ClN6O2/c1-3-17(9-10-26)13-27-22-8-4-7-21(29-22)19-12-23(28-14-20(19)25)30-24(33)18-6-5-11-31(15-18)16(2)32/h4,7-8,12,14,17-18H,3,5-6,9-11,13,15,26H2,1-2H3,(H,27,29)(H,28,30,33)/t17?,18-/m1/s1. The van der Waals surface area contributed by atoms with Crippen LogP contribution in [0.1, 0.15) is 39.5 Å². The SMILES string of the molecule is CCC(CCN)CNc1cccc(-c2cc(NC(=O)[C@@H]3CCCN(C(C)=O)C3)ncc2Cl)n1. The second-order valence-electron chi connectivity index (χ2n) is 8.48. The molecule has 0 spiro atoms. The Hall–Kier alpha value is -2.71. The molecule has 0 saturated carbocycles. The first kappa shape index (κ1) is 24.9. The van der Waals surface area contributed by atoms with E-state index in [1.54, 1.807) is 11.0 Å². The quantitative estimate of drug-likeness (QED) is 0.511. The number of halogens is 1. The van der Waals surface area contributed by atoms with Crippen LogP contribution in [0.5, 0.6) is 0 Å². The average Bonchev–Trinajstić information content (AvgIpc) is 2.83. The van der Waals surface area contributed by atoms with Crippen LogP contribution < -0.4 is 16.4 Å². The van der Waals surface area contributed by atoms with Crippen molar-refractivity contribution in [2.45, 2.75) is 39.5 Å². The molecule has 33 heavy (non-hydrogen) atoms. The van der Waals surface area contributed by atoms with Crippen molar-refractivity contribution in [2.24, 2.45) is 17.6 Å². The van der Waals surface area contributed by atoms with Gasteiger partial charge in [-0.2, -0.15) is 0 Å². The van der Waals surface area contributed by atoms with E-state index in [-0.39, 0.29) is 17.7 Å². The molecule has 8 nitrogen and oxygen atoms in total. The molecular formula is C24H33ClN6O2. The summed E-state index contributed by atoms with van der Waals surface area (Å²) in [6, 6.07) is 7.45. The number of carbonyl (C=O) groups is 2. The summed E-state index contributed by atoms with van der Waals surface area (Å²) in [6.07, 6.45) is 5.09. The summed E-state index contributed by atoms with van der Waals surface area (Å²) in [4.78, 5) is 35.2. The van der Waals surface area contributed by atoms with Crippen LogP contribution in [-0.4, -0.2) is 52.9 Å². The molecule has 4 N–H and O–H groups in total. The fourth-order valence-corrected chi connectivity index (χ4v) is 4.23. The van der Waals surface area contributed by atoms with Crippen LogP contribution >= 0.6 is 11.6 Å². The Morgan fingerprint density at radius 3 is 2.88 bits per heavy atom. The Labute approximate surface area is 200 Å². The van der Waals surface area contributed by atoms with Gasteiger partial charge in [0.2, 0.25) is 11.8 Å². The maximum Gasteiger partial charge on any atom is 0.230 e. The molecule has 0 aromatic carbocycles. The van der Waals surface area contributed by atoms with Crippen molar-refractivity contribution in [3.63, 3.8) is 0 Å². The van der Waals surface area contributed by atoms with Gasteiger partial charge in [0.05, 0.1) is 16.6 Å². The van der Waals surface area contributed by atoms with Gasteiger partial charge in [0, 0.05) is 38.3 Å². The van der Waals surface area contributed by atoms with Crippen molar-refractivity contribution < 1.29 is 9.59 Å². The molecule has 2 aromatic heterocycles. The minimum Gasteiger partial charge on any atom is -0.370 e. The summed E-state index contributed by atoms with van der Waals surface area (Å²) < 4.78 is 0. The zero-order valence-electron chi connectivity index (χ0n) is 19.3. The van der Waals surface area contributed by atoms with Crippen molar-refractivity contribution in [2.75, 3.05) is 36.8 Å². The zero-order chi connectivity index (χ0) is 23.8. The summed E-state index contributed by atoms with van der Waals surface area (Å²) in [5, 5.41) is 6.72. The van der Waals surface area contributed by atoms with Crippen molar-refractivity contribution in [3.8, 4) is 11.3 Å². The number of rotatable bonds is 9. The van der Waals surface area contributed by atoms with Gasteiger partial charge >= 0.3 is 0 Å².